The summed E-state index contributed by atoms with van der Waals surface area (Å²) in [5.74, 6) is 0.289. The molecule has 0 aliphatic rings. The van der Waals surface area contributed by atoms with E-state index in [9.17, 15) is 4.39 Å². The van der Waals surface area contributed by atoms with Gasteiger partial charge >= 0.3 is 0 Å². The maximum atomic E-state index is 14.6. The van der Waals surface area contributed by atoms with Crippen molar-refractivity contribution in [2.45, 2.75) is 0 Å². The first-order valence-electron chi connectivity index (χ1n) is 12.0. The van der Waals surface area contributed by atoms with Gasteiger partial charge in [-0.15, -0.1) is 0 Å². The molecule has 6 aromatic rings. The Morgan fingerprint density at radius 1 is 0.892 bits per heavy atom. The van der Waals surface area contributed by atoms with Gasteiger partial charge < -0.3 is 15.2 Å². The van der Waals surface area contributed by atoms with E-state index >= 15 is 0 Å². The van der Waals surface area contributed by atoms with Gasteiger partial charge in [0, 0.05) is 42.3 Å². The predicted molar refractivity (Wildman–Crippen MR) is 145 cm³/mol. The molecule has 0 aliphatic carbocycles. The lowest BCUT2D eigenvalue weighted by Crippen LogP contribution is -2.20. The number of nitrogens with one attached hydrogen (secondary N) is 3. The zero-order valence-electron chi connectivity index (χ0n) is 20.5. The lowest BCUT2D eigenvalue weighted by atomic mass is 10.0. The molecule has 0 atom stereocenters. The Labute approximate surface area is 212 Å². The number of hydrogen-bond donors (Lipinski definition) is 3. The average Bonchev–Trinajstić information content (AvgIpc) is 3.52. The molecule has 0 bridgehead atoms. The summed E-state index contributed by atoms with van der Waals surface area (Å²) in [4.78, 5) is 19.3. The van der Waals surface area contributed by atoms with Crippen molar-refractivity contribution in [3.8, 4) is 33.9 Å². The molecule has 0 fully saturated rings. The standard InChI is InChI=1S/C28H25FN8/c1-37(2)13-12-31-20-15-18(14-19(29)16-20)21-4-3-5-23-25(21)34-28(33-23)27-26-24(35-36-27)7-6-22(32-26)17-8-10-30-11-9-17/h3-11,14-16,31H,12-13H2,1-2H3,(H,33,34)(H,35,36). The molecule has 0 spiro atoms. The smallest absolute Gasteiger partial charge is 0.161 e. The Bertz CT molecular complexity index is 1700. The number of H-pyrrole nitrogens is 2. The maximum absolute atomic E-state index is 14.6. The number of benzene rings is 2. The Morgan fingerprint density at radius 3 is 2.59 bits per heavy atom. The molecule has 4 aromatic heterocycles. The van der Waals surface area contributed by atoms with Crippen molar-refractivity contribution in [1.82, 2.24) is 35.0 Å². The lowest BCUT2D eigenvalue weighted by molar-refractivity contribution is 0.425. The van der Waals surface area contributed by atoms with Crippen LogP contribution in [0.2, 0.25) is 0 Å². The monoisotopic (exact) mass is 492 g/mol. The number of pyridine rings is 2. The number of imidazole rings is 1. The minimum absolute atomic E-state index is 0.302. The Morgan fingerprint density at radius 2 is 1.76 bits per heavy atom. The van der Waals surface area contributed by atoms with Crippen LogP contribution >= 0.6 is 0 Å². The van der Waals surface area contributed by atoms with Gasteiger partial charge in [0.2, 0.25) is 0 Å². The molecular weight excluding hydrogens is 467 g/mol. The fourth-order valence-corrected chi connectivity index (χ4v) is 4.40. The van der Waals surface area contributed by atoms with Gasteiger partial charge in [-0.3, -0.25) is 10.1 Å². The van der Waals surface area contributed by atoms with Crippen molar-refractivity contribution >= 4 is 27.8 Å². The van der Waals surface area contributed by atoms with Crippen LogP contribution in [0.15, 0.2) is 73.1 Å². The van der Waals surface area contributed by atoms with E-state index in [4.69, 9.17) is 9.97 Å². The summed E-state index contributed by atoms with van der Waals surface area (Å²) in [5.41, 5.74) is 7.83. The number of aromatic amines is 2. The van der Waals surface area contributed by atoms with E-state index in [1.165, 1.54) is 12.1 Å². The summed E-state index contributed by atoms with van der Waals surface area (Å²) in [6.45, 7) is 1.56. The molecule has 2 aromatic carbocycles. The van der Waals surface area contributed by atoms with E-state index in [2.05, 4.69) is 30.4 Å². The first-order valence-corrected chi connectivity index (χ1v) is 12.0. The topological polar surface area (TPSA) is 98.4 Å². The zero-order valence-corrected chi connectivity index (χ0v) is 20.5. The third-order valence-electron chi connectivity index (χ3n) is 6.22. The quantitative estimate of drug-likeness (QED) is 0.278. The molecule has 37 heavy (non-hydrogen) atoms. The molecule has 0 saturated heterocycles. The van der Waals surface area contributed by atoms with Gasteiger partial charge in [0.1, 0.15) is 11.3 Å². The van der Waals surface area contributed by atoms with Crippen LogP contribution in [0.3, 0.4) is 0 Å². The summed E-state index contributed by atoms with van der Waals surface area (Å²) < 4.78 is 14.6. The first-order chi connectivity index (χ1) is 18.0. The average molecular weight is 493 g/mol. The highest BCUT2D eigenvalue weighted by Gasteiger charge is 2.17. The summed E-state index contributed by atoms with van der Waals surface area (Å²) in [5, 5.41) is 10.9. The molecule has 0 unspecified atom stereocenters. The molecule has 3 N–H and O–H groups in total. The summed E-state index contributed by atoms with van der Waals surface area (Å²) in [6, 6.07) is 18.6. The minimum atomic E-state index is -0.302. The van der Waals surface area contributed by atoms with Crippen LogP contribution in [0.25, 0.3) is 56.0 Å². The lowest BCUT2D eigenvalue weighted by Gasteiger charge is -2.13. The zero-order chi connectivity index (χ0) is 25.4. The van der Waals surface area contributed by atoms with E-state index in [-0.39, 0.29) is 5.82 Å². The van der Waals surface area contributed by atoms with Crippen molar-refractivity contribution in [2.75, 3.05) is 32.5 Å². The van der Waals surface area contributed by atoms with Crippen LogP contribution in [0.4, 0.5) is 10.1 Å². The van der Waals surface area contributed by atoms with Crippen LogP contribution in [0.5, 0.6) is 0 Å². The first kappa shape index (κ1) is 22.8. The maximum Gasteiger partial charge on any atom is 0.161 e. The Kier molecular flexibility index (Phi) is 5.82. The van der Waals surface area contributed by atoms with Crippen molar-refractivity contribution < 1.29 is 4.39 Å². The highest BCUT2D eigenvalue weighted by Crippen LogP contribution is 2.33. The van der Waals surface area contributed by atoms with Crippen LogP contribution in [0, 0.1) is 5.82 Å². The van der Waals surface area contributed by atoms with Gasteiger partial charge in [-0.2, -0.15) is 5.10 Å². The molecule has 0 saturated carbocycles. The van der Waals surface area contributed by atoms with Gasteiger partial charge in [-0.05, 0) is 68.2 Å². The van der Waals surface area contributed by atoms with Crippen molar-refractivity contribution in [2.24, 2.45) is 0 Å². The van der Waals surface area contributed by atoms with Gasteiger partial charge in [0.05, 0.1) is 22.2 Å². The third kappa shape index (κ3) is 4.52. The predicted octanol–water partition coefficient (Wildman–Crippen LogP) is 5.34. The van der Waals surface area contributed by atoms with Crippen LogP contribution < -0.4 is 5.32 Å². The second-order valence-electron chi connectivity index (χ2n) is 9.15. The number of fused-ring (bicyclic) bond motifs is 2. The number of rotatable bonds is 7. The van der Waals surface area contributed by atoms with Gasteiger partial charge in [0.25, 0.3) is 0 Å². The van der Waals surface area contributed by atoms with Gasteiger partial charge in [-0.1, -0.05) is 12.1 Å². The largest absolute Gasteiger partial charge is 0.384 e. The van der Waals surface area contributed by atoms with E-state index in [0.29, 0.717) is 23.6 Å². The van der Waals surface area contributed by atoms with Crippen molar-refractivity contribution in [3.63, 3.8) is 0 Å². The Balaban J connectivity index is 1.41. The van der Waals surface area contributed by atoms with Crippen LogP contribution in [-0.2, 0) is 0 Å². The fraction of sp³-hybridized carbons (Fsp3) is 0.143. The highest BCUT2D eigenvalue weighted by molar-refractivity contribution is 5.96. The summed E-state index contributed by atoms with van der Waals surface area (Å²) >= 11 is 0. The SMILES string of the molecule is CN(C)CCNc1cc(F)cc(-c2cccc3[nH]c(-c4n[nH]c5ccc(-c6ccncc6)nc45)nc23)c1. The second kappa shape index (κ2) is 9.44. The molecule has 0 radical (unpaired) electrons. The van der Waals surface area contributed by atoms with Gasteiger partial charge in [-0.25, -0.2) is 14.4 Å². The minimum Gasteiger partial charge on any atom is -0.384 e. The molecule has 184 valence electrons. The number of para-hydroxylation sites is 1. The second-order valence-corrected chi connectivity index (χ2v) is 9.15. The van der Waals surface area contributed by atoms with E-state index < -0.39 is 0 Å². The van der Waals surface area contributed by atoms with Crippen molar-refractivity contribution in [3.05, 3.63) is 78.9 Å². The van der Waals surface area contributed by atoms with Crippen LogP contribution in [0.1, 0.15) is 0 Å². The third-order valence-corrected chi connectivity index (χ3v) is 6.22. The fourth-order valence-electron chi connectivity index (χ4n) is 4.40. The van der Waals surface area contributed by atoms with E-state index in [1.54, 1.807) is 12.4 Å². The van der Waals surface area contributed by atoms with Crippen LogP contribution in [-0.4, -0.2) is 62.2 Å². The molecule has 4 heterocycles. The molecule has 8 nitrogen and oxygen atoms in total. The number of halogens is 1. The number of hydrogen-bond acceptors (Lipinski definition) is 6. The molecule has 6 rings (SSSR count). The normalized spacial score (nSPS) is 11.6. The highest BCUT2D eigenvalue weighted by atomic mass is 19.1. The van der Waals surface area contributed by atoms with Crippen molar-refractivity contribution in [1.29, 1.82) is 0 Å². The number of aromatic nitrogens is 6. The van der Waals surface area contributed by atoms with E-state index in [1.807, 2.05) is 62.6 Å². The Hall–Kier alpha value is -4.63. The molecular formula is C28H25FN8. The number of likely N-dealkylation sites (N-methyl/N-ethyl adjacent to an activating group) is 1. The molecule has 0 amide bonds. The number of anilines is 1. The summed E-state index contributed by atoms with van der Waals surface area (Å²) in [7, 11) is 4.01. The molecule has 9 heteroatoms. The molecule has 0 aliphatic heterocycles. The summed E-state index contributed by atoms with van der Waals surface area (Å²) in [6.07, 6.45) is 3.49. The van der Waals surface area contributed by atoms with E-state index in [0.717, 1.165) is 51.2 Å². The van der Waals surface area contributed by atoms with Gasteiger partial charge in [0.15, 0.2) is 11.5 Å². The number of nitrogens with zero attached hydrogens (tertiary/aromatic N) is 5.